The van der Waals surface area contributed by atoms with Crippen LogP contribution < -0.4 is 9.47 Å². The molecule has 0 bridgehead atoms. The lowest BCUT2D eigenvalue weighted by atomic mass is 10.1. The monoisotopic (exact) mass is 535 g/mol. The molecular weight excluding hydrogens is 510 g/mol. The van der Waals surface area contributed by atoms with Crippen LogP contribution in [0.1, 0.15) is 27.4 Å². The van der Waals surface area contributed by atoms with Crippen LogP contribution >= 0.6 is 15.9 Å². The van der Waals surface area contributed by atoms with E-state index in [9.17, 15) is 4.79 Å². The van der Waals surface area contributed by atoms with E-state index in [1.54, 1.807) is 0 Å². The van der Waals surface area contributed by atoms with E-state index in [1.165, 1.54) is 5.56 Å². The van der Waals surface area contributed by atoms with E-state index in [1.807, 2.05) is 48.2 Å². The van der Waals surface area contributed by atoms with Crippen molar-refractivity contribution in [3.63, 3.8) is 0 Å². The van der Waals surface area contributed by atoms with Crippen LogP contribution in [0.15, 0.2) is 63.5 Å². The predicted molar refractivity (Wildman–Crippen MR) is 136 cm³/mol. The summed E-state index contributed by atoms with van der Waals surface area (Å²) in [5.74, 6) is 2.50. The number of halogens is 1. The van der Waals surface area contributed by atoms with Crippen LogP contribution in [-0.4, -0.2) is 53.2 Å². The maximum Gasteiger partial charge on any atom is 0.270 e. The van der Waals surface area contributed by atoms with Gasteiger partial charge < -0.3 is 23.4 Å². The summed E-state index contributed by atoms with van der Waals surface area (Å²) in [6.45, 7) is 6.68. The zero-order valence-electron chi connectivity index (χ0n) is 19.5. The highest BCUT2D eigenvalue weighted by atomic mass is 79.9. The fourth-order valence-electron chi connectivity index (χ4n) is 4.85. The molecule has 1 fully saturated rings. The Kier molecular flexibility index (Phi) is 5.78. The van der Waals surface area contributed by atoms with Crippen LogP contribution in [0.5, 0.6) is 11.5 Å². The van der Waals surface area contributed by atoms with Gasteiger partial charge in [0.25, 0.3) is 5.91 Å². The van der Waals surface area contributed by atoms with Gasteiger partial charge in [-0.2, -0.15) is 0 Å². The van der Waals surface area contributed by atoms with Crippen LogP contribution in [0.3, 0.4) is 0 Å². The number of aryl methyl sites for hydroxylation is 1. The van der Waals surface area contributed by atoms with Crippen molar-refractivity contribution in [2.75, 3.05) is 33.0 Å². The van der Waals surface area contributed by atoms with Gasteiger partial charge >= 0.3 is 0 Å². The molecule has 6 rings (SSSR count). The summed E-state index contributed by atoms with van der Waals surface area (Å²) >= 11 is 3.50. The number of rotatable bonds is 5. The number of carbonyl (C=O) groups is 1. The molecule has 4 aromatic rings. The van der Waals surface area contributed by atoms with Gasteiger partial charge in [-0.15, -0.1) is 0 Å². The summed E-state index contributed by atoms with van der Waals surface area (Å²) in [5, 5.41) is 0. The Morgan fingerprint density at radius 3 is 2.43 bits per heavy atom. The molecule has 180 valence electrons. The van der Waals surface area contributed by atoms with E-state index < -0.39 is 0 Å². The minimum absolute atomic E-state index is 0.0499. The van der Waals surface area contributed by atoms with Gasteiger partial charge in [-0.1, -0.05) is 34.1 Å². The average Bonchev–Trinajstić information content (AvgIpc) is 3.55. The number of furan rings is 1. The summed E-state index contributed by atoms with van der Waals surface area (Å²) in [6, 6.07) is 18.2. The second-order valence-corrected chi connectivity index (χ2v) is 10.0. The van der Waals surface area contributed by atoms with Crippen molar-refractivity contribution in [1.29, 1.82) is 0 Å². The minimum atomic E-state index is 0.0499. The van der Waals surface area contributed by atoms with Crippen LogP contribution in [0.25, 0.3) is 11.1 Å². The zero-order valence-corrected chi connectivity index (χ0v) is 21.1. The molecule has 0 saturated carbocycles. The van der Waals surface area contributed by atoms with Crippen molar-refractivity contribution >= 4 is 32.9 Å². The third-order valence-electron chi connectivity index (χ3n) is 6.69. The third-order valence-corrected chi connectivity index (χ3v) is 7.22. The lowest BCUT2D eigenvalue weighted by Gasteiger charge is -2.35. The van der Waals surface area contributed by atoms with Crippen molar-refractivity contribution in [3.8, 4) is 11.5 Å². The maximum atomic E-state index is 13.6. The number of benzene rings is 2. The van der Waals surface area contributed by atoms with E-state index in [-0.39, 0.29) is 12.7 Å². The normalized spacial score (nSPS) is 15.8. The van der Waals surface area contributed by atoms with Gasteiger partial charge in [0.15, 0.2) is 17.1 Å². The van der Waals surface area contributed by atoms with Crippen molar-refractivity contribution in [3.05, 3.63) is 81.7 Å². The van der Waals surface area contributed by atoms with Crippen LogP contribution in [0.4, 0.5) is 0 Å². The number of aromatic nitrogens is 1. The SMILES string of the molecule is Cc1cc2c(cc(C(=O)N3CCN(Cc4ccc5c(c4)OCO5)CC3)n2Cc2ccc(Br)cc2)o1. The molecule has 35 heavy (non-hydrogen) atoms. The topological polar surface area (TPSA) is 60.1 Å². The number of ether oxygens (including phenoxy) is 2. The molecule has 0 spiro atoms. The van der Waals surface area contributed by atoms with Gasteiger partial charge in [-0.05, 0) is 42.3 Å². The van der Waals surface area contributed by atoms with E-state index in [0.29, 0.717) is 25.3 Å². The van der Waals surface area contributed by atoms with Gasteiger partial charge in [0.1, 0.15) is 11.5 Å². The predicted octanol–water partition coefficient (Wildman–Crippen LogP) is 5.04. The largest absolute Gasteiger partial charge is 0.460 e. The zero-order chi connectivity index (χ0) is 23.9. The molecule has 0 aliphatic carbocycles. The highest BCUT2D eigenvalue weighted by Gasteiger charge is 2.27. The molecule has 0 unspecified atom stereocenters. The standard InChI is InChI=1S/C27H26BrN3O4/c1-18-12-22-25(35-18)14-23(31(22)16-19-2-5-21(28)6-3-19)27(32)30-10-8-29(9-11-30)15-20-4-7-24-26(13-20)34-17-33-24/h2-7,12-14H,8-11,15-17H2,1H3. The number of fused-ring (bicyclic) bond motifs is 2. The Bertz CT molecular complexity index is 1380. The minimum Gasteiger partial charge on any atom is -0.460 e. The van der Waals surface area contributed by atoms with E-state index in [4.69, 9.17) is 13.9 Å². The molecule has 1 saturated heterocycles. The Labute approximate surface area is 211 Å². The molecule has 2 aromatic carbocycles. The number of amides is 1. The highest BCUT2D eigenvalue weighted by molar-refractivity contribution is 9.10. The second-order valence-electron chi connectivity index (χ2n) is 9.10. The number of hydrogen-bond acceptors (Lipinski definition) is 5. The Balaban J connectivity index is 1.17. The molecular formula is C27H26BrN3O4. The first-order valence-electron chi connectivity index (χ1n) is 11.8. The Morgan fingerprint density at radius 1 is 0.886 bits per heavy atom. The van der Waals surface area contributed by atoms with Gasteiger partial charge in [0.2, 0.25) is 6.79 Å². The number of piperazine rings is 1. The Morgan fingerprint density at radius 2 is 1.63 bits per heavy atom. The summed E-state index contributed by atoms with van der Waals surface area (Å²) in [6.07, 6.45) is 0. The van der Waals surface area contributed by atoms with Crippen LogP contribution in [-0.2, 0) is 13.1 Å². The highest BCUT2D eigenvalue weighted by Crippen LogP contribution is 2.33. The molecule has 0 radical (unpaired) electrons. The molecule has 0 N–H and O–H groups in total. The van der Waals surface area contributed by atoms with Gasteiger partial charge in [0, 0.05) is 55.9 Å². The molecule has 2 aliphatic rings. The van der Waals surface area contributed by atoms with E-state index in [0.717, 1.165) is 58.0 Å². The molecule has 0 atom stereocenters. The summed E-state index contributed by atoms with van der Waals surface area (Å²) in [7, 11) is 0. The lowest BCUT2D eigenvalue weighted by molar-refractivity contribution is 0.0619. The van der Waals surface area contributed by atoms with Crippen molar-refractivity contribution in [2.24, 2.45) is 0 Å². The van der Waals surface area contributed by atoms with E-state index >= 15 is 0 Å². The van der Waals surface area contributed by atoms with E-state index in [2.05, 4.69) is 43.6 Å². The first-order valence-corrected chi connectivity index (χ1v) is 12.6. The first kappa shape index (κ1) is 22.2. The smallest absolute Gasteiger partial charge is 0.270 e. The number of nitrogens with zero attached hydrogens (tertiary/aromatic N) is 3. The third kappa shape index (κ3) is 4.44. The summed E-state index contributed by atoms with van der Waals surface area (Å²) in [5.41, 5.74) is 4.70. The molecule has 4 heterocycles. The van der Waals surface area contributed by atoms with Gasteiger partial charge in [-0.25, -0.2) is 0 Å². The fourth-order valence-corrected chi connectivity index (χ4v) is 5.12. The lowest BCUT2D eigenvalue weighted by Crippen LogP contribution is -2.48. The second kappa shape index (κ2) is 9.09. The van der Waals surface area contributed by atoms with Gasteiger partial charge in [0.05, 0.1) is 5.52 Å². The maximum absolute atomic E-state index is 13.6. The van der Waals surface area contributed by atoms with Crippen molar-refractivity contribution < 1.29 is 18.7 Å². The fraction of sp³-hybridized carbons (Fsp3) is 0.296. The summed E-state index contributed by atoms with van der Waals surface area (Å²) in [4.78, 5) is 17.9. The molecule has 7 nitrogen and oxygen atoms in total. The average molecular weight is 536 g/mol. The first-order chi connectivity index (χ1) is 17.0. The van der Waals surface area contributed by atoms with Crippen LogP contribution in [0.2, 0.25) is 0 Å². The van der Waals surface area contributed by atoms with Crippen molar-refractivity contribution in [1.82, 2.24) is 14.4 Å². The van der Waals surface area contributed by atoms with Crippen LogP contribution in [0, 0.1) is 6.92 Å². The molecule has 8 heteroatoms. The number of carbonyl (C=O) groups excluding carboxylic acids is 1. The van der Waals surface area contributed by atoms with Crippen molar-refractivity contribution in [2.45, 2.75) is 20.0 Å². The molecule has 1 amide bonds. The number of hydrogen-bond donors (Lipinski definition) is 0. The Hall–Kier alpha value is -3.23. The van der Waals surface area contributed by atoms with Gasteiger partial charge in [-0.3, -0.25) is 9.69 Å². The molecule has 2 aliphatic heterocycles. The molecule has 2 aromatic heterocycles. The summed E-state index contributed by atoms with van der Waals surface area (Å²) < 4.78 is 19.9. The quantitative estimate of drug-likeness (QED) is 0.358.